The van der Waals surface area contributed by atoms with E-state index in [0.717, 1.165) is 5.56 Å². The van der Waals surface area contributed by atoms with Crippen molar-refractivity contribution in [3.8, 4) is 0 Å². The van der Waals surface area contributed by atoms with Crippen LogP contribution < -0.4 is 10.0 Å². The van der Waals surface area contributed by atoms with Crippen LogP contribution in [0.15, 0.2) is 89.8 Å². The quantitative estimate of drug-likeness (QED) is 0.292. The van der Waals surface area contributed by atoms with Gasteiger partial charge in [-0.3, -0.25) is 14.9 Å². The van der Waals surface area contributed by atoms with Crippen molar-refractivity contribution in [2.45, 2.75) is 11.3 Å². The minimum absolute atomic E-state index is 0.0678. The fourth-order valence-corrected chi connectivity index (χ4v) is 3.90. The summed E-state index contributed by atoms with van der Waals surface area (Å²) in [5.74, 6) is -0.451. The van der Waals surface area contributed by atoms with E-state index in [0.29, 0.717) is 17.7 Å². The molecule has 0 aliphatic rings. The Morgan fingerprint density at radius 1 is 0.969 bits per heavy atom. The second-order valence-electron chi connectivity index (χ2n) is 6.83. The summed E-state index contributed by atoms with van der Waals surface area (Å²) in [6, 6.07) is 21.2. The van der Waals surface area contributed by atoms with Gasteiger partial charge in [-0.05, 0) is 47.9 Å². The average molecular weight is 452 g/mol. The van der Waals surface area contributed by atoms with Gasteiger partial charge in [0.2, 0.25) is 15.9 Å². The van der Waals surface area contributed by atoms with Gasteiger partial charge in [0, 0.05) is 30.4 Å². The van der Waals surface area contributed by atoms with Gasteiger partial charge in [-0.15, -0.1) is 0 Å². The maximum atomic E-state index is 12.4. The largest absolute Gasteiger partial charge is 0.323 e. The Morgan fingerprint density at radius 3 is 2.38 bits per heavy atom. The molecule has 3 aromatic rings. The van der Waals surface area contributed by atoms with Crippen LogP contribution in [0, 0.1) is 10.1 Å². The molecular weight excluding hydrogens is 430 g/mol. The molecule has 0 fully saturated rings. The van der Waals surface area contributed by atoms with Crippen molar-refractivity contribution in [2.75, 3.05) is 11.9 Å². The van der Waals surface area contributed by atoms with E-state index in [-0.39, 0.29) is 17.1 Å². The lowest BCUT2D eigenvalue weighted by Gasteiger charge is -2.08. The van der Waals surface area contributed by atoms with E-state index >= 15 is 0 Å². The molecule has 0 aromatic heterocycles. The number of nitrogens with zero attached hydrogens (tertiary/aromatic N) is 1. The first-order chi connectivity index (χ1) is 15.3. The first-order valence-corrected chi connectivity index (χ1v) is 11.2. The first-order valence-electron chi connectivity index (χ1n) is 9.71. The zero-order chi connectivity index (χ0) is 23.0. The van der Waals surface area contributed by atoms with E-state index in [9.17, 15) is 23.3 Å². The van der Waals surface area contributed by atoms with E-state index in [2.05, 4.69) is 10.0 Å². The summed E-state index contributed by atoms with van der Waals surface area (Å²) >= 11 is 0. The number of nitro groups is 1. The maximum Gasteiger partial charge on any atom is 0.270 e. The molecule has 0 spiro atoms. The molecule has 0 aliphatic carbocycles. The Morgan fingerprint density at radius 2 is 1.69 bits per heavy atom. The fraction of sp³-hybridized carbons (Fsp3) is 0.0870. The summed E-state index contributed by atoms with van der Waals surface area (Å²) in [5.41, 5.74) is 1.90. The van der Waals surface area contributed by atoms with Crippen molar-refractivity contribution in [3.05, 3.63) is 106 Å². The van der Waals surface area contributed by atoms with Gasteiger partial charge < -0.3 is 5.32 Å². The Bertz CT molecular complexity index is 1220. The molecule has 0 unspecified atom stereocenters. The van der Waals surface area contributed by atoms with Crippen LogP contribution in [-0.4, -0.2) is 25.8 Å². The molecule has 1 amide bonds. The summed E-state index contributed by atoms with van der Waals surface area (Å²) in [6.07, 6.45) is 3.28. The van der Waals surface area contributed by atoms with Gasteiger partial charge in [0.25, 0.3) is 5.69 Å². The number of nitro benzene ring substituents is 1. The molecule has 0 saturated carbocycles. The van der Waals surface area contributed by atoms with Crippen LogP contribution in [-0.2, 0) is 21.2 Å². The molecule has 8 nitrogen and oxygen atoms in total. The smallest absolute Gasteiger partial charge is 0.270 e. The molecule has 164 valence electrons. The highest BCUT2D eigenvalue weighted by atomic mass is 32.2. The van der Waals surface area contributed by atoms with Crippen LogP contribution in [0.2, 0.25) is 0 Å². The van der Waals surface area contributed by atoms with Crippen molar-refractivity contribution < 1.29 is 18.1 Å². The number of amides is 1. The third kappa shape index (κ3) is 6.59. The van der Waals surface area contributed by atoms with E-state index in [1.54, 1.807) is 6.07 Å². The van der Waals surface area contributed by atoms with Crippen LogP contribution in [0.4, 0.5) is 11.4 Å². The minimum Gasteiger partial charge on any atom is -0.323 e. The highest BCUT2D eigenvalue weighted by Gasteiger charge is 2.13. The van der Waals surface area contributed by atoms with E-state index in [1.807, 2.05) is 30.3 Å². The molecule has 2 N–H and O–H groups in total. The van der Waals surface area contributed by atoms with Crippen LogP contribution >= 0.6 is 0 Å². The average Bonchev–Trinajstić information content (AvgIpc) is 2.79. The van der Waals surface area contributed by atoms with E-state index < -0.39 is 20.9 Å². The van der Waals surface area contributed by atoms with Gasteiger partial charge in [-0.25, -0.2) is 13.1 Å². The second-order valence-corrected chi connectivity index (χ2v) is 8.60. The second kappa shape index (κ2) is 10.5. The Kier molecular flexibility index (Phi) is 7.48. The number of carbonyl (C=O) groups excluding carboxylic acids is 1. The van der Waals surface area contributed by atoms with Gasteiger partial charge in [0.05, 0.1) is 9.82 Å². The van der Waals surface area contributed by atoms with Gasteiger partial charge in [-0.2, -0.15) is 0 Å². The molecule has 0 radical (unpaired) electrons. The van der Waals surface area contributed by atoms with Gasteiger partial charge in [0.15, 0.2) is 0 Å². The topological polar surface area (TPSA) is 118 Å². The third-order valence-electron chi connectivity index (χ3n) is 4.49. The number of anilines is 1. The molecular formula is C23H21N3O5S. The van der Waals surface area contributed by atoms with Gasteiger partial charge in [0.1, 0.15) is 0 Å². The predicted molar refractivity (Wildman–Crippen MR) is 123 cm³/mol. The van der Waals surface area contributed by atoms with Crippen molar-refractivity contribution in [3.63, 3.8) is 0 Å². The SMILES string of the molecule is O=C(C=Cc1cccc([N+](=O)[O-])c1)Nc1ccc(S(=O)(=O)NCCc2ccccc2)cc1. The van der Waals surface area contributed by atoms with Crippen molar-refractivity contribution in [1.82, 2.24) is 4.72 Å². The highest BCUT2D eigenvalue weighted by Crippen LogP contribution is 2.16. The molecule has 9 heteroatoms. The zero-order valence-corrected chi connectivity index (χ0v) is 17.8. The summed E-state index contributed by atoms with van der Waals surface area (Å²) in [4.78, 5) is 22.5. The summed E-state index contributed by atoms with van der Waals surface area (Å²) < 4.78 is 27.4. The summed E-state index contributed by atoms with van der Waals surface area (Å²) in [7, 11) is -3.66. The first kappa shape index (κ1) is 22.9. The number of benzene rings is 3. The molecule has 0 heterocycles. The van der Waals surface area contributed by atoms with E-state index in [4.69, 9.17) is 0 Å². The minimum atomic E-state index is -3.66. The van der Waals surface area contributed by atoms with Crippen LogP contribution in [0.1, 0.15) is 11.1 Å². The highest BCUT2D eigenvalue weighted by molar-refractivity contribution is 7.89. The maximum absolute atomic E-state index is 12.4. The van der Waals surface area contributed by atoms with Gasteiger partial charge >= 0.3 is 0 Å². The number of hydrogen-bond donors (Lipinski definition) is 2. The fourth-order valence-electron chi connectivity index (χ4n) is 2.87. The number of rotatable bonds is 9. The Hall–Kier alpha value is -3.82. The Balaban J connectivity index is 1.55. The van der Waals surface area contributed by atoms with Crippen molar-refractivity contribution >= 4 is 33.4 Å². The number of carbonyl (C=O) groups is 1. The molecule has 3 rings (SSSR count). The molecule has 32 heavy (non-hydrogen) atoms. The lowest BCUT2D eigenvalue weighted by Crippen LogP contribution is -2.26. The molecule has 0 atom stereocenters. The normalized spacial score (nSPS) is 11.4. The third-order valence-corrected chi connectivity index (χ3v) is 5.97. The number of hydrogen-bond acceptors (Lipinski definition) is 5. The molecule has 3 aromatic carbocycles. The number of non-ortho nitro benzene ring substituents is 1. The number of nitrogens with one attached hydrogen (secondary N) is 2. The predicted octanol–water partition coefficient (Wildman–Crippen LogP) is 3.77. The van der Waals surface area contributed by atoms with Crippen LogP contribution in [0.25, 0.3) is 6.08 Å². The van der Waals surface area contributed by atoms with Crippen molar-refractivity contribution in [1.29, 1.82) is 0 Å². The lowest BCUT2D eigenvalue weighted by atomic mass is 10.2. The van der Waals surface area contributed by atoms with Gasteiger partial charge in [-0.1, -0.05) is 42.5 Å². The summed E-state index contributed by atoms with van der Waals surface area (Å²) in [5, 5.41) is 13.4. The summed E-state index contributed by atoms with van der Waals surface area (Å²) in [6.45, 7) is 0.271. The van der Waals surface area contributed by atoms with Crippen LogP contribution in [0.5, 0.6) is 0 Å². The Labute approximate surface area is 185 Å². The van der Waals surface area contributed by atoms with Crippen LogP contribution in [0.3, 0.4) is 0 Å². The zero-order valence-electron chi connectivity index (χ0n) is 17.0. The molecule has 0 bridgehead atoms. The standard InChI is InChI=1S/C23H21N3O5S/c27-23(14-9-19-7-4-8-21(17-19)26(28)29)25-20-10-12-22(13-11-20)32(30,31)24-16-15-18-5-2-1-3-6-18/h1-14,17,24H,15-16H2,(H,25,27). The lowest BCUT2D eigenvalue weighted by molar-refractivity contribution is -0.384. The van der Waals surface area contributed by atoms with Crippen molar-refractivity contribution in [2.24, 2.45) is 0 Å². The monoisotopic (exact) mass is 451 g/mol. The number of sulfonamides is 1. The van der Waals surface area contributed by atoms with E-state index in [1.165, 1.54) is 54.6 Å². The molecule has 0 saturated heterocycles. The molecule has 0 aliphatic heterocycles.